The predicted molar refractivity (Wildman–Crippen MR) is 132 cm³/mol. The maximum atomic E-state index is 12.9. The van der Waals surface area contributed by atoms with Crippen LogP contribution < -0.4 is 0 Å². The summed E-state index contributed by atoms with van der Waals surface area (Å²) in [5, 5.41) is 12.1. The molecule has 0 bridgehead atoms. The normalized spacial score (nSPS) is 43.1. The lowest BCUT2D eigenvalue weighted by molar-refractivity contribution is -0.210. The van der Waals surface area contributed by atoms with Crippen LogP contribution in [0.1, 0.15) is 74.1 Å². The number of esters is 4. The van der Waals surface area contributed by atoms with E-state index in [1.807, 2.05) is 19.9 Å². The number of hydrogen-bond acceptors (Lipinski definition) is 10. The Labute approximate surface area is 222 Å². The zero-order valence-electron chi connectivity index (χ0n) is 23.1. The molecule has 2 heterocycles. The molecule has 0 saturated carbocycles. The van der Waals surface area contributed by atoms with Crippen molar-refractivity contribution in [3.8, 4) is 0 Å². The zero-order chi connectivity index (χ0) is 28.2. The van der Waals surface area contributed by atoms with Gasteiger partial charge in [-0.2, -0.15) is 0 Å². The third kappa shape index (κ3) is 4.25. The minimum absolute atomic E-state index is 0.155. The number of aliphatic hydroxyl groups is 1. The summed E-state index contributed by atoms with van der Waals surface area (Å²) in [4.78, 5) is 50.4. The molecule has 2 aliphatic carbocycles. The fourth-order valence-electron chi connectivity index (χ4n) is 6.83. The molecule has 9 atom stereocenters. The van der Waals surface area contributed by atoms with Crippen molar-refractivity contribution in [2.75, 3.05) is 0 Å². The molecule has 10 nitrogen and oxygen atoms in total. The molecule has 0 unspecified atom stereocenters. The zero-order valence-corrected chi connectivity index (χ0v) is 23.1. The second kappa shape index (κ2) is 9.79. The Morgan fingerprint density at radius 2 is 1.76 bits per heavy atom. The molecule has 38 heavy (non-hydrogen) atoms. The predicted octanol–water partition coefficient (Wildman–Crippen LogP) is 2.70. The number of ether oxygens (including phenoxy) is 5. The summed E-state index contributed by atoms with van der Waals surface area (Å²) in [5.41, 5.74) is -2.60. The van der Waals surface area contributed by atoms with E-state index in [1.165, 1.54) is 13.8 Å². The van der Waals surface area contributed by atoms with E-state index in [0.717, 1.165) is 5.57 Å². The van der Waals surface area contributed by atoms with Crippen molar-refractivity contribution in [1.82, 2.24) is 0 Å². The number of epoxide rings is 1. The number of carbonyl (C=O) groups is 4. The Kier molecular flexibility index (Phi) is 7.29. The van der Waals surface area contributed by atoms with Crippen LogP contribution in [0.4, 0.5) is 0 Å². The summed E-state index contributed by atoms with van der Waals surface area (Å²) in [5.74, 6) is -3.02. The van der Waals surface area contributed by atoms with Crippen molar-refractivity contribution in [2.24, 2.45) is 11.3 Å². The van der Waals surface area contributed by atoms with E-state index in [1.54, 1.807) is 26.8 Å². The number of hydrogen-bond donors (Lipinski definition) is 1. The molecule has 4 rings (SSSR count). The van der Waals surface area contributed by atoms with Gasteiger partial charge in [-0.3, -0.25) is 14.4 Å². The van der Waals surface area contributed by atoms with Crippen molar-refractivity contribution in [3.63, 3.8) is 0 Å². The monoisotopic (exact) mass is 534 g/mol. The Morgan fingerprint density at radius 3 is 2.34 bits per heavy atom. The Bertz CT molecular complexity index is 1090. The summed E-state index contributed by atoms with van der Waals surface area (Å²) in [6.07, 6.45) is -0.387. The van der Waals surface area contributed by atoms with E-state index in [0.29, 0.717) is 12.0 Å². The molecule has 1 spiro atoms. The van der Waals surface area contributed by atoms with Crippen LogP contribution in [0.2, 0.25) is 0 Å². The average molecular weight is 535 g/mol. The molecule has 210 valence electrons. The lowest BCUT2D eigenvalue weighted by Crippen LogP contribution is -2.63. The Morgan fingerprint density at radius 1 is 1.11 bits per heavy atom. The van der Waals surface area contributed by atoms with Crippen LogP contribution in [0.5, 0.6) is 0 Å². The minimum Gasteiger partial charge on any atom is -0.461 e. The van der Waals surface area contributed by atoms with Crippen LogP contribution in [-0.4, -0.2) is 70.7 Å². The van der Waals surface area contributed by atoms with E-state index in [-0.39, 0.29) is 19.3 Å². The van der Waals surface area contributed by atoms with E-state index < -0.39 is 76.9 Å². The first-order valence-corrected chi connectivity index (χ1v) is 13.2. The van der Waals surface area contributed by atoms with Crippen molar-refractivity contribution in [1.29, 1.82) is 0 Å². The Balaban J connectivity index is 1.96. The van der Waals surface area contributed by atoms with Crippen LogP contribution in [-0.2, 0) is 42.9 Å². The molecule has 2 aliphatic heterocycles. The van der Waals surface area contributed by atoms with Gasteiger partial charge in [0.2, 0.25) is 0 Å². The number of rotatable bonds is 5. The lowest BCUT2D eigenvalue weighted by Gasteiger charge is -2.53. The standard InChI is InChI=1S/C28H38O10/c1-8-9-21(31)36-18-12-14(2)13-20-28(27(7,38-28)25(33)37-20)23(32)22-15(3)10-11-19(34-16(4)29)26(22,6)24(18)35-17(5)30/h10,13,18-20,22-24,32H,8-9,11-12H2,1-7H3/b14-13-/t18-,19-,20-,22+,23+,24-,26-,27-,28-/m0/s1. The first kappa shape index (κ1) is 28.3. The number of fused-ring (bicyclic) bond motifs is 1. The van der Waals surface area contributed by atoms with Crippen LogP contribution >= 0.6 is 0 Å². The van der Waals surface area contributed by atoms with Crippen LogP contribution in [0.15, 0.2) is 23.3 Å². The van der Waals surface area contributed by atoms with E-state index in [9.17, 15) is 24.3 Å². The fourth-order valence-corrected chi connectivity index (χ4v) is 6.83. The van der Waals surface area contributed by atoms with Gasteiger partial charge in [-0.15, -0.1) is 0 Å². The van der Waals surface area contributed by atoms with E-state index in [2.05, 4.69) is 0 Å². The SMILES string of the molecule is CCCC(=O)O[C@H]1C/C(C)=C\[C@@H]2OC(=O)[C@]3(C)O[C@]23[C@H](O)[C@H]2C(C)=CC[C@H](OC(C)=O)[C@]2(C)[C@H]1OC(C)=O. The summed E-state index contributed by atoms with van der Waals surface area (Å²) >= 11 is 0. The topological polar surface area (TPSA) is 138 Å². The lowest BCUT2D eigenvalue weighted by atomic mass is 9.56. The second-order valence-corrected chi connectivity index (χ2v) is 11.4. The molecular formula is C28H38O10. The van der Waals surface area contributed by atoms with Gasteiger partial charge in [-0.25, -0.2) is 4.79 Å². The summed E-state index contributed by atoms with van der Waals surface area (Å²) in [6, 6.07) is 0. The molecule has 0 aromatic carbocycles. The number of aliphatic hydroxyl groups excluding tert-OH is 1. The van der Waals surface area contributed by atoms with Gasteiger partial charge in [-0.05, 0) is 33.3 Å². The van der Waals surface area contributed by atoms with Crippen LogP contribution in [0.3, 0.4) is 0 Å². The highest BCUT2D eigenvalue weighted by Crippen LogP contribution is 2.64. The summed E-state index contributed by atoms with van der Waals surface area (Å²) in [7, 11) is 0. The third-order valence-electron chi connectivity index (χ3n) is 8.63. The molecule has 4 aliphatic rings. The van der Waals surface area contributed by atoms with E-state index in [4.69, 9.17) is 23.7 Å². The van der Waals surface area contributed by atoms with Gasteiger partial charge in [0.25, 0.3) is 0 Å². The largest absolute Gasteiger partial charge is 0.461 e. The Hall–Kier alpha value is -2.72. The van der Waals surface area contributed by atoms with Gasteiger partial charge in [-0.1, -0.05) is 31.1 Å². The first-order chi connectivity index (χ1) is 17.7. The number of carbonyl (C=O) groups excluding carboxylic acids is 4. The maximum Gasteiger partial charge on any atom is 0.342 e. The first-order valence-electron chi connectivity index (χ1n) is 13.2. The van der Waals surface area contributed by atoms with Crippen molar-refractivity contribution in [2.45, 2.75) is 116 Å². The molecule has 2 fully saturated rings. The van der Waals surface area contributed by atoms with Crippen molar-refractivity contribution < 1.29 is 48.0 Å². The minimum atomic E-state index is -1.39. The van der Waals surface area contributed by atoms with Gasteiger partial charge in [0.1, 0.15) is 18.3 Å². The van der Waals surface area contributed by atoms with E-state index >= 15 is 0 Å². The fraction of sp³-hybridized carbons (Fsp3) is 0.714. The third-order valence-corrected chi connectivity index (χ3v) is 8.63. The van der Waals surface area contributed by atoms with Gasteiger partial charge in [0.05, 0.1) is 11.5 Å². The van der Waals surface area contributed by atoms with Gasteiger partial charge in [0, 0.05) is 39.0 Å². The highest BCUT2D eigenvalue weighted by molar-refractivity contribution is 5.89. The summed E-state index contributed by atoms with van der Waals surface area (Å²) < 4.78 is 29.4. The van der Waals surface area contributed by atoms with Gasteiger partial charge < -0.3 is 28.8 Å². The molecule has 0 aromatic rings. The average Bonchev–Trinajstić information content (AvgIpc) is 3.40. The quantitative estimate of drug-likeness (QED) is 0.242. The van der Waals surface area contributed by atoms with Crippen molar-refractivity contribution >= 4 is 23.9 Å². The molecule has 2 saturated heterocycles. The van der Waals surface area contributed by atoms with Gasteiger partial charge >= 0.3 is 23.9 Å². The highest BCUT2D eigenvalue weighted by Gasteiger charge is 2.86. The maximum absolute atomic E-state index is 12.9. The molecule has 1 N–H and O–H groups in total. The molecule has 0 aromatic heterocycles. The molecule has 0 radical (unpaired) electrons. The molecule has 0 amide bonds. The molecular weight excluding hydrogens is 496 g/mol. The van der Waals surface area contributed by atoms with Crippen LogP contribution in [0, 0.1) is 11.3 Å². The van der Waals surface area contributed by atoms with Crippen molar-refractivity contribution in [3.05, 3.63) is 23.3 Å². The molecule has 10 heteroatoms. The van der Waals surface area contributed by atoms with Gasteiger partial charge in [0.15, 0.2) is 17.3 Å². The highest BCUT2D eigenvalue weighted by atomic mass is 16.7. The smallest absolute Gasteiger partial charge is 0.342 e. The second-order valence-electron chi connectivity index (χ2n) is 11.4. The summed E-state index contributed by atoms with van der Waals surface area (Å²) in [6.45, 7) is 11.4. The van der Waals surface area contributed by atoms with Crippen LogP contribution in [0.25, 0.3) is 0 Å².